The molecule has 2 aromatic rings. The summed E-state index contributed by atoms with van der Waals surface area (Å²) in [6, 6.07) is 7.87. The van der Waals surface area contributed by atoms with Gasteiger partial charge in [0.15, 0.2) is 0 Å². The van der Waals surface area contributed by atoms with Gasteiger partial charge in [-0.1, -0.05) is 36.4 Å². The average molecular weight is 467 g/mol. The molecule has 1 aliphatic heterocycles. The molecule has 1 aliphatic rings. The predicted octanol–water partition coefficient (Wildman–Crippen LogP) is 3.32. The third-order valence-electron chi connectivity index (χ3n) is 6.36. The van der Waals surface area contributed by atoms with Crippen molar-refractivity contribution in [2.75, 3.05) is 53.5 Å². The first-order valence-corrected chi connectivity index (χ1v) is 12.1. The average Bonchev–Trinajstić information content (AvgIpc) is 3.07. The molecule has 2 unspecified atom stereocenters. The Morgan fingerprint density at radius 1 is 1.26 bits per heavy atom. The van der Waals surface area contributed by atoms with E-state index in [0.717, 1.165) is 67.6 Å². The zero-order valence-electron chi connectivity index (χ0n) is 20.6. The van der Waals surface area contributed by atoms with Crippen molar-refractivity contribution < 1.29 is 14.3 Å². The minimum atomic E-state index is -0.511. The van der Waals surface area contributed by atoms with E-state index in [9.17, 15) is 9.59 Å². The number of aldehydes is 1. The maximum Gasteiger partial charge on any atom is 0.229 e. The molecule has 34 heavy (non-hydrogen) atoms. The molecule has 7 nitrogen and oxygen atoms in total. The first-order valence-electron chi connectivity index (χ1n) is 12.1. The summed E-state index contributed by atoms with van der Waals surface area (Å²) in [5.41, 5.74) is 2.88. The van der Waals surface area contributed by atoms with Crippen molar-refractivity contribution >= 4 is 23.1 Å². The third-order valence-corrected chi connectivity index (χ3v) is 6.36. The molecular formula is C27H38N4O3. The van der Waals surface area contributed by atoms with Crippen LogP contribution in [0.2, 0.25) is 0 Å². The van der Waals surface area contributed by atoms with Crippen molar-refractivity contribution in [3.8, 4) is 0 Å². The van der Waals surface area contributed by atoms with Crippen molar-refractivity contribution in [3.63, 3.8) is 0 Å². The van der Waals surface area contributed by atoms with Gasteiger partial charge in [-0.3, -0.25) is 9.69 Å². The van der Waals surface area contributed by atoms with Gasteiger partial charge in [-0.05, 0) is 44.6 Å². The number of H-pyrrole nitrogens is 1. The van der Waals surface area contributed by atoms with Crippen molar-refractivity contribution in [1.82, 2.24) is 20.1 Å². The summed E-state index contributed by atoms with van der Waals surface area (Å²) in [6.45, 7) is 6.65. The van der Waals surface area contributed by atoms with Crippen molar-refractivity contribution in [1.29, 1.82) is 0 Å². The molecule has 2 N–H and O–H groups in total. The number of rotatable bonds is 11. The van der Waals surface area contributed by atoms with E-state index < -0.39 is 5.92 Å². The van der Waals surface area contributed by atoms with Crippen LogP contribution in [0.3, 0.4) is 0 Å². The van der Waals surface area contributed by atoms with E-state index >= 15 is 0 Å². The standard InChI is InChI=1S/C27H38N4O3/c1-4-5-9-21(12-17-32)25(27(33)28-13-15-31-14-8-18-34-19-16-31)26(30(2)3)23-20-29-24-11-7-6-10-22(23)24/h4-7,9-11,17,20,25-26,29H,8,12-16,18-19H2,1-3H3,(H,28,33)/b5-4-,21-9+. The number of nitrogens with one attached hydrogen (secondary N) is 2. The number of hydrogen-bond donors (Lipinski definition) is 2. The molecule has 1 amide bonds. The Bertz CT molecular complexity index is 987. The van der Waals surface area contributed by atoms with Crippen molar-refractivity contribution in [3.05, 3.63) is 59.8 Å². The van der Waals surface area contributed by atoms with Gasteiger partial charge < -0.3 is 24.7 Å². The second-order valence-electron chi connectivity index (χ2n) is 8.91. The minimum absolute atomic E-state index is 0.0624. The lowest BCUT2D eigenvalue weighted by atomic mass is 9.83. The summed E-state index contributed by atoms with van der Waals surface area (Å²) >= 11 is 0. The van der Waals surface area contributed by atoms with Gasteiger partial charge in [-0.25, -0.2) is 0 Å². The van der Waals surface area contributed by atoms with Crippen LogP contribution < -0.4 is 5.32 Å². The lowest BCUT2D eigenvalue weighted by molar-refractivity contribution is -0.125. The number of carbonyl (C=O) groups excluding carboxylic acids is 2. The minimum Gasteiger partial charge on any atom is -0.380 e. The normalized spacial score (nSPS) is 17.7. The number of fused-ring (bicyclic) bond motifs is 1. The highest BCUT2D eigenvalue weighted by Crippen LogP contribution is 2.37. The van der Waals surface area contributed by atoms with Crippen LogP contribution in [0.4, 0.5) is 0 Å². The fraction of sp³-hybridized carbons (Fsp3) is 0.481. The second-order valence-corrected chi connectivity index (χ2v) is 8.91. The predicted molar refractivity (Wildman–Crippen MR) is 137 cm³/mol. The van der Waals surface area contributed by atoms with Gasteiger partial charge in [0, 0.05) is 56.3 Å². The van der Waals surface area contributed by atoms with E-state index in [4.69, 9.17) is 4.74 Å². The second kappa shape index (κ2) is 13.2. The van der Waals surface area contributed by atoms with Crippen LogP contribution >= 0.6 is 0 Å². The van der Waals surface area contributed by atoms with Crippen LogP contribution in [0, 0.1) is 5.92 Å². The molecule has 3 rings (SSSR count). The summed E-state index contributed by atoms with van der Waals surface area (Å²) in [6.07, 6.45) is 9.82. The quantitative estimate of drug-likeness (QED) is 0.392. The Kier molecular flexibility index (Phi) is 10.1. The molecule has 2 atom stereocenters. The molecule has 184 valence electrons. The Morgan fingerprint density at radius 2 is 2.09 bits per heavy atom. The maximum absolute atomic E-state index is 13.7. The highest BCUT2D eigenvalue weighted by molar-refractivity contribution is 5.87. The number of nitrogens with zero attached hydrogens (tertiary/aromatic N) is 2. The fourth-order valence-corrected chi connectivity index (χ4v) is 4.69. The molecule has 1 aromatic heterocycles. The van der Waals surface area contributed by atoms with E-state index in [2.05, 4.69) is 26.2 Å². The first-order chi connectivity index (χ1) is 16.6. The van der Waals surface area contributed by atoms with Crippen LogP contribution in [0.5, 0.6) is 0 Å². The van der Waals surface area contributed by atoms with Gasteiger partial charge in [-0.2, -0.15) is 0 Å². The molecule has 2 heterocycles. The molecule has 7 heteroatoms. The first kappa shape index (κ1) is 25.9. The van der Waals surface area contributed by atoms with Gasteiger partial charge in [-0.15, -0.1) is 0 Å². The summed E-state index contributed by atoms with van der Waals surface area (Å²) < 4.78 is 5.54. The summed E-state index contributed by atoms with van der Waals surface area (Å²) in [4.78, 5) is 33.1. The smallest absolute Gasteiger partial charge is 0.229 e. The number of allylic oxidation sites excluding steroid dienone is 3. The number of hydrogen-bond acceptors (Lipinski definition) is 5. The number of para-hydroxylation sites is 1. The highest BCUT2D eigenvalue weighted by atomic mass is 16.5. The van der Waals surface area contributed by atoms with Gasteiger partial charge in [0.05, 0.1) is 18.6 Å². The maximum atomic E-state index is 13.7. The molecule has 1 aromatic carbocycles. The van der Waals surface area contributed by atoms with Crippen LogP contribution in [0.25, 0.3) is 10.9 Å². The number of aromatic nitrogens is 1. The number of aromatic amines is 1. The lowest BCUT2D eigenvalue weighted by Gasteiger charge is -2.33. The van der Waals surface area contributed by atoms with E-state index in [-0.39, 0.29) is 18.4 Å². The number of amides is 1. The Morgan fingerprint density at radius 3 is 2.85 bits per heavy atom. The van der Waals surface area contributed by atoms with Crippen LogP contribution in [-0.4, -0.2) is 80.5 Å². The summed E-state index contributed by atoms with van der Waals surface area (Å²) in [5.74, 6) is -0.573. The van der Waals surface area contributed by atoms with E-state index in [1.165, 1.54) is 0 Å². The van der Waals surface area contributed by atoms with E-state index in [1.54, 1.807) is 0 Å². The van der Waals surface area contributed by atoms with E-state index in [0.29, 0.717) is 6.54 Å². The number of carbonyl (C=O) groups is 2. The lowest BCUT2D eigenvalue weighted by Crippen LogP contribution is -2.43. The molecule has 1 saturated heterocycles. The molecular weight excluding hydrogens is 428 g/mol. The van der Waals surface area contributed by atoms with Gasteiger partial charge in [0.1, 0.15) is 6.29 Å². The van der Waals surface area contributed by atoms with Gasteiger partial charge in [0.25, 0.3) is 0 Å². The fourth-order valence-electron chi connectivity index (χ4n) is 4.69. The van der Waals surface area contributed by atoms with Crippen LogP contribution in [0.1, 0.15) is 31.4 Å². The van der Waals surface area contributed by atoms with Crippen LogP contribution in [-0.2, 0) is 14.3 Å². The Balaban J connectivity index is 1.90. The van der Waals surface area contributed by atoms with Gasteiger partial charge in [0.2, 0.25) is 5.91 Å². The molecule has 0 aliphatic carbocycles. The topological polar surface area (TPSA) is 77.7 Å². The van der Waals surface area contributed by atoms with Crippen LogP contribution in [0.15, 0.2) is 54.3 Å². The molecule has 0 bridgehead atoms. The summed E-state index contributed by atoms with van der Waals surface area (Å²) in [5, 5.41) is 4.26. The number of ether oxygens (including phenoxy) is 1. The van der Waals surface area contributed by atoms with Crippen molar-refractivity contribution in [2.45, 2.75) is 25.8 Å². The Labute approximate surface area is 202 Å². The van der Waals surface area contributed by atoms with E-state index in [1.807, 2.05) is 63.6 Å². The monoisotopic (exact) mass is 466 g/mol. The summed E-state index contributed by atoms with van der Waals surface area (Å²) in [7, 11) is 3.97. The SMILES string of the molecule is C/C=C\C=C(/CC=O)C(C(=O)NCCN1CCCOCC1)C(c1c[nH]c2ccccc12)N(C)C. The largest absolute Gasteiger partial charge is 0.380 e. The highest BCUT2D eigenvalue weighted by Gasteiger charge is 2.35. The molecule has 0 radical (unpaired) electrons. The zero-order valence-corrected chi connectivity index (χ0v) is 20.6. The molecule has 1 fully saturated rings. The van der Waals surface area contributed by atoms with Crippen molar-refractivity contribution in [2.24, 2.45) is 5.92 Å². The zero-order chi connectivity index (χ0) is 24.3. The van der Waals surface area contributed by atoms with Gasteiger partial charge >= 0.3 is 0 Å². The molecule has 0 spiro atoms. The third kappa shape index (κ3) is 6.65. The number of benzene rings is 1. The Hall–Kier alpha value is -2.74. The molecule has 0 saturated carbocycles.